The lowest BCUT2D eigenvalue weighted by molar-refractivity contribution is 0.0938. The quantitative estimate of drug-likeness (QED) is 0.826. The molecule has 2 aromatic carbocycles. The Balaban J connectivity index is 2.05. The van der Waals surface area contributed by atoms with E-state index in [1.54, 1.807) is 12.1 Å². The average Bonchev–Trinajstić information content (AvgIpc) is 2.59. The van der Waals surface area contributed by atoms with Crippen molar-refractivity contribution in [3.63, 3.8) is 0 Å². The topological polar surface area (TPSA) is 58.6 Å². The number of nitrogens with one attached hydrogen (secondary N) is 1. The molecule has 2 rings (SSSR count). The predicted molar refractivity (Wildman–Crippen MR) is 90.5 cm³/mol. The van der Waals surface area contributed by atoms with Crippen LogP contribution in [0.1, 0.15) is 28.4 Å². The van der Waals surface area contributed by atoms with Gasteiger partial charge < -0.3 is 15.2 Å². The van der Waals surface area contributed by atoms with Crippen LogP contribution in [0.25, 0.3) is 0 Å². The molecule has 0 aromatic heterocycles. The van der Waals surface area contributed by atoms with Gasteiger partial charge in [-0.15, -0.1) is 0 Å². The van der Waals surface area contributed by atoms with Gasteiger partial charge in [0.1, 0.15) is 12.4 Å². The summed E-state index contributed by atoms with van der Waals surface area (Å²) in [5.74, 6) is 0.398. The summed E-state index contributed by atoms with van der Waals surface area (Å²) < 4.78 is 5.85. The summed E-state index contributed by atoms with van der Waals surface area (Å²) in [5.41, 5.74) is 2.76. The molecule has 2 N–H and O–H groups in total. The van der Waals surface area contributed by atoms with Crippen molar-refractivity contribution in [2.45, 2.75) is 20.5 Å². The second-order valence-corrected chi connectivity index (χ2v) is 5.71. The van der Waals surface area contributed by atoms with Crippen LogP contribution in [0.15, 0.2) is 48.5 Å². The maximum Gasteiger partial charge on any atom is 0.255 e. The van der Waals surface area contributed by atoms with Gasteiger partial charge >= 0.3 is 0 Å². The Bertz CT molecular complexity index is 655. The number of aliphatic hydroxyl groups is 1. The van der Waals surface area contributed by atoms with Crippen molar-refractivity contribution in [2.75, 3.05) is 13.2 Å². The fraction of sp³-hybridized carbons (Fsp3) is 0.316. The van der Waals surface area contributed by atoms with Crippen LogP contribution in [0.5, 0.6) is 5.75 Å². The van der Waals surface area contributed by atoms with Gasteiger partial charge in [-0.3, -0.25) is 4.79 Å². The van der Waals surface area contributed by atoms with Crippen LogP contribution < -0.4 is 10.1 Å². The molecule has 2 aromatic rings. The third kappa shape index (κ3) is 4.83. The second kappa shape index (κ2) is 8.34. The van der Waals surface area contributed by atoms with Gasteiger partial charge in [-0.1, -0.05) is 43.3 Å². The van der Waals surface area contributed by atoms with Crippen molar-refractivity contribution >= 4 is 5.91 Å². The van der Waals surface area contributed by atoms with E-state index < -0.39 is 0 Å². The van der Waals surface area contributed by atoms with E-state index in [9.17, 15) is 4.79 Å². The molecule has 0 bridgehead atoms. The third-order valence-electron chi connectivity index (χ3n) is 3.70. The van der Waals surface area contributed by atoms with Gasteiger partial charge in [0.15, 0.2) is 0 Å². The summed E-state index contributed by atoms with van der Waals surface area (Å²) in [5, 5.41) is 11.9. The van der Waals surface area contributed by atoms with Crippen LogP contribution in [0, 0.1) is 12.8 Å². The number of amides is 1. The van der Waals surface area contributed by atoms with E-state index in [4.69, 9.17) is 9.84 Å². The number of aliphatic hydroxyl groups excluding tert-OH is 1. The first-order valence-corrected chi connectivity index (χ1v) is 7.77. The highest BCUT2D eigenvalue weighted by Gasteiger charge is 2.13. The molecule has 23 heavy (non-hydrogen) atoms. The summed E-state index contributed by atoms with van der Waals surface area (Å²) >= 11 is 0. The fourth-order valence-electron chi connectivity index (χ4n) is 2.13. The Morgan fingerprint density at radius 2 is 1.87 bits per heavy atom. The zero-order chi connectivity index (χ0) is 16.7. The fourth-order valence-corrected chi connectivity index (χ4v) is 2.13. The zero-order valence-corrected chi connectivity index (χ0v) is 13.6. The highest BCUT2D eigenvalue weighted by Crippen LogP contribution is 2.20. The highest BCUT2D eigenvalue weighted by molar-refractivity contribution is 5.96. The molecule has 1 unspecified atom stereocenters. The summed E-state index contributed by atoms with van der Waals surface area (Å²) in [7, 11) is 0. The first kappa shape index (κ1) is 17.0. The molecule has 1 amide bonds. The molecule has 0 aliphatic heterocycles. The van der Waals surface area contributed by atoms with Gasteiger partial charge in [-0.25, -0.2) is 0 Å². The van der Waals surface area contributed by atoms with Crippen LogP contribution in [0.4, 0.5) is 0 Å². The summed E-state index contributed by atoms with van der Waals surface area (Å²) in [6.07, 6.45) is 0. The molecule has 4 heteroatoms. The maximum atomic E-state index is 12.3. The summed E-state index contributed by atoms with van der Waals surface area (Å²) in [6.45, 7) is 4.81. The molecule has 0 fully saturated rings. The van der Waals surface area contributed by atoms with E-state index in [1.165, 1.54) is 0 Å². The minimum absolute atomic E-state index is 0.0269. The highest BCUT2D eigenvalue weighted by atomic mass is 16.5. The number of carbonyl (C=O) groups excluding carboxylic acids is 1. The molecule has 1 atom stereocenters. The lowest BCUT2D eigenvalue weighted by atomic mass is 10.1. The molecule has 0 saturated heterocycles. The summed E-state index contributed by atoms with van der Waals surface area (Å²) in [4.78, 5) is 12.3. The Kier molecular flexibility index (Phi) is 6.18. The largest absolute Gasteiger partial charge is 0.488 e. The normalized spacial score (nSPS) is 11.8. The lowest BCUT2D eigenvalue weighted by Gasteiger charge is -2.14. The van der Waals surface area contributed by atoms with E-state index in [1.807, 2.05) is 50.2 Å². The smallest absolute Gasteiger partial charge is 0.255 e. The second-order valence-electron chi connectivity index (χ2n) is 5.71. The molecule has 0 radical (unpaired) electrons. The van der Waals surface area contributed by atoms with Crippen molar-refractivity contribution in [1.29, 1.82) is 0 Å². The van der Waals surface area contributed by atoms with Gasteiger partial charge in [0.2, 0.25) is 0 Å². The average molecular weight is 313 g/mol. The van der Waals surface area contributed by atoms with Gasteiger partial charge in [-0.2, -0.15) is 0 Å². The number of aryl methyl sites for hydroxylation is 1. The Morgan fingerprint density at radius 3 is 2.61 bits per heavy atom. The molecule has 0 saturated carbocycles. The van der Waals surface area contributed by atoms with Gasteiger partial charge in [0.05, 0.1) is 5.56 Å². The predicted octanol–water partition coefficient (Wildman–Crippen LogP) is 2.93. The minimum atomic E-state index is -0.189. The van der Waals surface area contributed by atoms with E-state index in [-0.39, 0.29) is 18.4 Å². The first-order valence-electron chi connectivity index (χ1n) is 7.77. The molecule has 0 aliphatic rings. The van der Waals surface area contributed by atoms with Crippen molar-refractivity contribution in [3.05, 3.63) is 65.2 Å². The Labute approximate surface area is 137 Å². The van der Waals surface area contributed by atoms with Gasteiger partial charge in [-0.05, 0) is 36.1 Å². The summed E-state index contributed by atoms with van der Waals surface area (Å²) in [6, 6.07) is 15.2. The molecule has 122 valence electrons. The van der Waals surface area contributed by atoms with E-state index in [2.05, 4.69) is 5.32 Å². The number of ether oxygens (including phenoxy) is 1. The van der Waals surface area contributed by atoms with Gasteiger partial charge in [0.25, 0.3) is 5.91 Å². The minimum Gasteiger partial charge on any atom is -0.488 e. The van der Waals surface area contributed by atoms with Crippen molar-refractivity contribution in [3.8, 4) is 5.75 Å². The van der Waals surface area contributed by atoms with E-state index >= 15 is 0 Å². The van der Waals surface area contributed by atoms with E-state index in [0.29, 0.717) is 24.5 Å². The molecule has 0 spiro atoms. The standard InChI is InChI=1S/C19H23NO3/c1-14(12-21)11-20-19(22)17-9-5-6-10-18(17)23-13-16-8-4-3-7-15(16)2/h3-10,14,21H,11-13H2,1-2H3,(H,20,22). The molecule has 0 heterocycles. The van der Waals surface area contributed by atoms with E-state index in [0.717, 1.165) is 11.1 Å². The maximum absolute atomic E-state index is 12.3. The number of para-hydroxylation sites is 1. The van der Waals surface area contributed by atoms with Crippen LogP contribution >= 0.6 is 0 Å². The van der Waals surface area contributed by atoms with Crippen molar-refractivity contribution < 1.29 is 14.6 Å². The molecular formula is C19H23NO3. The Morgan fingerprint density at radius 1 is 1.17 bits per heavy atom. The number of carbonyl (C=O) groups is 1. The van der Waals surface area contributed by atoms with Crippen LogP contribution in [-0.4, -0.2) is 24.2 Å². The third-order valence-corrected chi connectivity index (χ3v) is 3.70. The molecule has 0 aliphatic carbocycles. The first-order chi connectivity index (χ1) is 11.1. The number of rotatable bonds is 7. The SMILES string of the molecule is Cc1ccccc1COc1ccccc1C(=O)NCC(C)CO. The molecular weight excluding hydrogens is 290 g/mol. The number of hydrogen-bond acceptors (Lipinski definition) is 3. The van der Waals surface area contributed by atoms with Crippen LogP contribution in [0.3, 0.4) is 0 Å². The zero-order valence-electron chi connectivity index (χ0n) is 13.6. The molecule has 4 nitrogen and oxygen atoms in total. The van der Waals surface area contributed by atoms with Crippen LogP contribution in [0.2, 0.25) is 0 Å². The Hall–Kier alpha value is -2.33. The lowest BCUT2D eigenvalue weighted by Crippen LogP contribution is -2.29. The van der Waals surface area contributed by atoms with Crippen molar-refractivity contribution in [2.24, 2.45) is 5.92 Å². The van der Waals surface area contributed by atoms with Gasteiger partial charge in [0, 0.05) is 13.2 Å². The number of hydrogen-bond donors (Lipinski definition) is 2. The van der Waals surface area contributed by atoms with Crippen molar-refractivity contribution in [1.82, 2.24) is 5.32 Å². The monoisotopic (exact) mass is 313 g/mol. The number of benzene rings is 2. The van der Waals surface area contributed by atoms with Crippen LogP contribution in [-0.2, 0) is 6.61 Å².